The highest BCUT2D eigenvalue weighted by atomic mass is 16.6. The second-order valence-electron chi connectivity index (χ2n) is 5.89. The van der Waals surface area contributed by atoms with Crippen LogP contribution in [0.2, 0.25) is 0 Å². The quantitative estimate of drug-likeness (QED) is 0.468. The molecule has 0 fully saturated rings. The number of esters is 1. The highest BCUT2D eigenvalue weighted by molar-refractivity contribution is 5.82. The van der Waals surface area contributed by atoms with Crippen LogP contribution in [-0.4, -0.2) is 19.2 Å². The Hall–Kier alpha value is -3.28. The largest absolute Gasteiger partial charge is 0.497 e. The van der Waals surface area contributed by atoms with Crippen LogP contribution in [0.1, 0.15) is 18.9 Å². The van der Waals surface area contributed by atoms with Crippen LogP contribution in [0.15, 0.2) is 63.8 Å². The Labute approximate surface area is 156 Å². The molecule has 0 unspecified atom stereocenters. The molecule has 0 bridgehead atoms. The number of carbonyl (C=O) groups excluding carboxylic acids is 1. The van der Waals surface area contributed by atoms with Crippen LogP contribution in [0.25, 0.3) is 11.0 Å². The molecule has 0 aliphatic rings. The van der Waals surface area contributed by atoms with Gasteiger partial charge < -0.3 is 18.6 Å². The molecule has 0 saturated heterocycles. The summed E-state index contributed by atoms with van der Waals surface area (Å²) in [6.45, 7) is 1.79. The van der Waals surface area contributed by atoms with Crippen LogP contribution in [0.5, 0.6) is 11.5 Å². The molecule has 3 aromatic rings. The maximum atomic E-state index is 12.4. The number of carbonyl (C=O) groups is 1. The molecular weight excluding hydrogens is 348 g/mol. The summed E-state index contributed by atoms with van der Waals surface area (Å²) in [5, 5.41) is 0.681. The molecular formula is C21H20O6. The van der Waals surface area contributed by atoms with Crippen molar-refractivity contribution in [2.75, 3.05) is 7.11 Å². The number of para-hydroxylation sites is 1. The van der Waals surface area contributed by atoms with Gasteiger partial charge in [0.25, 0.3) is 0 Å². The molecule has 0 amide bonds. The summed E-state index contributed by atoms with van der Waals surface area (Å²) >= 11 is 0. The number of methoxy groups -OCH3 is 1. The van der Waals surface area contributed by atoms with Crippen molar-refractivity contribution in [1.29, 1.82) is 0 Å². The van der Waals surface area contributed by atoms with Gasteiger partial charge >= 0.3 is 11.6 Å². The number of ether oxygens (including phenoxy) is 3. The Morgan fingerprint density at radius 3 is 2.56 bits per heavy atom. The number of rotatable bonds is 7. The maximum Gasteiger partial charge on any atom is 0.347 e. The SMILES string of the molecule is CC[C@H](Oc1ccccc1)C(=O)OCc1cc(=O)oc2cc(OC)ccc12. The van der Waals surface area contributed by atoms with Gasteiger partial charge in [-0.25, -0.2) is 9.59 Å². The van der Waals surface area contributed by atoms with Crippen LogP contribution in [0.4, 0.5) is 0 Å². The van der Waals surface area contributed by atoms with Crippen molar-refractivity contribution in [3.8, 4) is 11.5 Å². The predicted octanol–water partition coefficient (Wildman–Crippen LogP) is 3.70. The van der Waals surface area contributed by atoms with E-state index < -0.39 is 17.7 Å². The van der Waals surface area contributed by atoms with Gasteiger partial charge in [-0.1, -0.05) is 25.1 Å². The first kappa shape index (κ1) is 18.5. The molecule has 0 aliphatic carbocycles. The minimum absolute atomic E-state index is 0.0537. The fraction of sp³-hybridized carbons (Fsp3) is 0.238. The van der Waals surface area contributed by atoms with Gasteiger partial charge in [-0.3, -0.25) is 0 Å². The Morgan fingerprint density at radius 2 is 1.85 bits per heavy atom. The van der Waals surface area contributed by atoms with Crippen molar-refractivity contribution < 1.29 is 23.4 Å². The summed E-state index contributed by atoms with van der Waals surface area (Å²) in [5.74, 6) is 0.678. The first-order valence-electron chi connectivity index (χ1n) is 8.60. The van der Waals surface area contributed by atoms with E-state index in [1.807, 2.05) is 25.1 Å². The molecule has 0 N–H and O–H groups in total. The lowest BCUT2D eigenvalue weighted by Crippen LogP contribution is -2.28. The molecule has 3 rings (SSSR count). The van der Waals surface area contributed by atoms with Crippen LogP contribution < -0.4 is 15.1 Å². The Morgan fingerprint density at radius 1 is 1.07 bits per heavy atom. The van der Waals surface area contributed by atoms with E-state index in [4.69, 9.17) is 18.6 Å². The maximum absolute atomic E-state index is 12.4. The number of hydrogen-bond donors (Lipinski definition) is 0. The smallest absolute Gasteiger partial charge is 0.347 e. The summed E-state index contributed by atoms with van der Waals surface area (Å²) < 4.78 is 21.4. The van der Waals surface area contributed by atoms with E-state index in [0.29, 0.717) is 34.5 Å². The fourth-order valence-electron chi connectivity index (χ4n) is 2.66. The molecule has 1 aromatic heterocycles. The van der Waals surface area contributed by atoms with E-state index in [1.165, 1.54) is 13.2 Å². The topological polar surface area (TPSA) is 75.0 Å². The molecule has 0 spiro atoms. The van der Waals surface area contributed by atoms with Gasteiger partial charge in [0.05, 0.1) is 7.11 Å². The molecule has 2 aromatic carbocycles. The minimum Gasteiger partial charge on any atom is -0.497 e. The molecule has 0 aliphatic heterocycles. The zero-order valence-corrected chi connectivity index (χ0v) is 15.1. The van der Waals surface area contributed by atoms with Gasteiger partial charge in [0, 0.05) is 23.1 Å². The van der Waals surface area contributed by atoms with Crippen LogP contribution >= 0.6 is 0 Å². The van der Waals surface area contributed by atoms with E-state index in [-0.39, 0.29) is 6.61 Å². The van der Waals surface area contributed by atoms with Crippen molar-refractivity contribution in [1.82, 2.24) is 0 Å². The van der Waals surface area contributed by atoms with Crippen molar-refractivity contribution in [3.63, 3.8) is 0 Å². The Kier molecular flexibility index (Phi) is 5.76. The van der Waals surface area contributed by atoms with E-state index >= 15 is 0 Å². The summed E-state index contributed by atoms with van der Waals surface area (Å²) in [6, 6.07) is 15.5. The van der Waals surface area contributed by atoms with E-state index in [0.717, 1.165) is 0 Å². The van der Waals surface area contributed by atoms with Crippen LogP contribution in [0.3, 0.4) is 0 Å². The van der Waals surface area contributed by atoms with Gasteiger partial charge in [0.2, 0.25) is 0 Å². The lowest BCUT2D eigenvalue weighted by atomic mass is 10.1. The molecule has 1 atom stereocenters. The average molecular weight is 368 g/mol. The third-order valence-corrected chi connectivity index (χ3v) is 4.06. The lowest BCUT2D eigenvalue weighted by Gasteiger charge is -2.16. The number of hydrogen-bond acceptors (Lipinski definition) is 6. The third kappa shape index (κ3) is 4.47. The van der Waals surface area contributed by atoms with Crippen molar-refractivity contribution in [3.05, 3.63) is 70.6 Å². The van der Waals surface area contributed by atoms with Gasteiger partial charge in [-0.15, -0.1) is 0 Å². The highest BCUT2D eigenvalue weighted by Gasteiger charge is 2.20. The molecule has 1 heterocycles. The normalized spacial score (nSPS) is 11.8. The molecule has 0 saturated carbocycles. The molecule has 6 heteroatoms. The number of benzene rings is 2. The van der Waals surface area contributed by atoms with Gasteiger partial charge in [-0.2, -0.15) is 0 Å². The molecule has 140 valence electrons. The van der Waals surface area contributed by atoms with E-state index in [1.54, 1.807) is 30.3 Å². The summed E-state index contributed by atoms with van der Waals surface area (Å²) in [6.07, 6.45) is -0.262. The number of fused-ring (bicyclic) bond motifs is 1. The summed E-state index contributed by atoms with van der Waals surface area (Å²) in [4.78, 5) is 24.2. The first-order chi connectivity index (χ1) is 13.1. The lowest BCUT2D eigenvalue weighted by molar-refractivity contribution is -0.153. The Balaban J connectivity index is 1.75. The third-order valence-electron chi connectivity index (χ3n) is 4.06. The summed E-state index contributed by atoms with van der Waals surface area (Å²) in [7, 11) is 1.53. The average Bonchev–Trinajstić information content (AvgIpc) is 2.70. The van der Waals surface area contributed by atoms with Crippen molar-refractivity contribution >= 4 is 16.9 Å². The molecule has 27 heavy (non-hydrogen) atoms. The monoisotopic (exact) mass is 368 g/mol. The first-order valence-corrected chi connectivity index (χ1v) is 8.60. The fourth-order valence-corrected chi connectivity index (χ4v) is 2.66. The van der Waals surface area contributed by atoms with Gasteiger partial charge in [0.1, 0.15) is 23.7 Å². The predicted molar refractivity (Wildman–Crippen MR) is 100.0 cm³/mol. The van der Waals surface area contributed by atoms with E-state index in [9.17, 15) is 9.59 Å². The van der Waals surface area contributed by atoms with Crippen LogP contribution in [0, 0.1) is 0 Å². The van der Waals surface area contributed by atoms with Crippen LogP contribution in [-0.2, 0) is 16.1 Å². The van der Waals surface area contributed by atoms with Gasteiger partial charge in [-0.05, 0) is 30.7 Å². The minimum atomic E-state index is -0.723. The zero-order chi connectivity index (χ0) is 19.2. The van der Waals surface area contributed by atoms with Crippen molar-refractivity contribution in [2.24, 2.45) is 0 Å². The summed E-state index contributed by atoms with van der Waals surface area (Å²) in [5.41, 5.74) is 0.418. The standard InChI is InChI=1S/C21H20O6/c1-3-18(26-15-7-5-4-6-8-15)21(23)25-13-14-11-20(22)27-19-12-16(24-2)9-10-17(14)19/h4-12,18H,3,13H2,1-2H3/t18-/m0/s1. The second kappa shape index (κ2) is 8.40. The molecule has 0 radical (unpaired) electrons. The highest BCUT2D eigenvalue weighted by Crippen LogP contribution is 2.23. The molecule has 6 nitrogen and oxygen atoms in total. The van der Waals surface area contributed by atoms with Crippen molar-refractivity contribution in [2.45, 2.75) is 26.1 Å². The zero-order valence-electron chi connectivity index (χ0n) is 15.1. The Bertz CT molecular complexity index is 977. The van der Waals surface area contributed by atoms with E-state index in [2.05, 4.69) is 0 Å². The second-order valence-corrected chi connectivity index (χ2v) is 5.89. The van der Waals surface area contributed by atoms with Gasteiger partial charge in [0.15, 0.2) is 6.10 Å².